The fourth-order valence-corrected chi connectivity index (χ4v) is 4.35. The Kier molecular flexibility index (Phi) is 11.8. The van der Waals surface area contributed by atoms with Crippen LogP contribution >= 0.6 is 0 Å². The molecule has 28 heavy (non-hydrogen) atoms. The number of aliphatic hydroxyl groups excluding tert-OH is 3. The fourth-order valence-electron chi connectivity index (χ4n) is 4.35. The van der Waals surface area contributed by atoms with Gasteiger partial charge < -0.3 is 20.4 Å². The second-order valence-electron chi connectivity index (χ2n) is 8.31. The van der Waals surface area contributed by atoms with Gasteiger partial charge in [-0.2, -0.15) is 0 Å². The van der Waals surface area contributed by atoms with Crippen molar-refractivity contribution < 1.29 is 25.2 Å². The average Bonchev–Trinajstić information content (AvgIpc) is 2.95. The quantitative estimate of drug-likeness (QED) is 0.193. The topological polar surface area (TPSA) is 98.0 Å². The maximum absolute atomic E-state index is 11.0. The van der Waals surface area contributed by atoms with Gasteiger partial charge in [-0.1, -0.05) is 38.3 Å². The highest BCUT2D eigenvalue weighted by Gasteiger charge is 2.40. The molecule has 5 heteroatoms. The highest BCUT2D eigenvalue weighted by Crippen LogP contribution is 2.39. The number of aliphatic hydroxyl groups is 4. The van der Waals surface area contributed by atoms with Crippen molar-refractivity contribution in [1.82, 2.24) is 0 Å². The molecule has 0 spiro atoms. The van der Waals surface area contributed by atoms with E-state index in [1.807, 2.05) is 0 Å². The Labute approximate surface area is 170 Å². The van der Waals surface area contributed by atoms with Crippen molar-refractivity contribution in [2.75, 3.05) is 6.61 Å². The van der Waals surface area contributed by atoms with Gasteiger partial charge in [-0.3, -0.25) is 4.79 Å². The number of carbonyl (C=O) groups is 1. The van der Waals surface area contributed by atoms with Crippen LogP contribution in [-0.2, 0) is 4.79 Å². The van der Waals surface area contributed by atoms with Gasteiger partial charge in [0.15, 0.2) is 5.78 Å². The second-order valence-corrected chi connectivity index (χ2v) is 8.31. The Balaban J connectivity index is 2.42. The monoisotopic (exact) mass is 396 g/mol. The number of allylic oxidation sites excluding steroid dienone is 1. The second kappa shape index (κ2) is 13.3. The smallest absolute Gasteiger partial charge is 0.180 e. The molecule has 0 heterocycles. The molecule has 0 bridgehead atoms. The number of unbranched alkanes of at least 4 members (excludes halogenated alkanes) is 3. The Morgan fingerprint density at radius 2 is 1.68 bits per heavy atom. The highest BCUT2D eigenvalue weighted by molar-refractivity contribution is 5.90. The maximum atomic E-state index is 11.0. The van der Waals surface area contributed by atoms with Crippen LogP contribution in [0.15, 0.2) is 24.8 Å². The first kappa shape index (κ1) is 25.0. The summed E-state index contributed by atoms with van der Waals surface area (Å²) in [5.41, 5.74) is -0.827. The van der Waals surface area contributed by atoms with E-state index >= 15 is 0 Å². The van der Waals surface area contributed by atoms with Gasteiger partial charge in [0.2, 0.25) is 0 Å². The minimum absolute atomic E-state index is 0.0711. The number of carbonyl (C=O) groups excluding carboxylic acids is 1. The molecule has 0 radical (unpaired) electrons. The molecule has 5 atom stereocenters. The van der Waals surface area contributed by atoms with Crippen LogP contribution in [0.4, 0.5) is 0 Å². The van der Waals surface area contributed by atoms with E-state index in [0.29, 0.717) is 12.8 Å². The van der Waals surface area contributed by atoms with Gasteiger partial charge in [0.25, 0.3) is 0 Å². The first-order chi connectivity index (χ1) is 13.4. The van der Waals surface area contributed by atoms with Crippen LogP contribution in [0.25, 0.3) is 0 Å². The van der Waals surface area contributed by atoms with Crippen LogP contribution in [0.2, 0.25) is 0 Å². The van der Waals surface area contributed by atoms with Gasteiger partial charge in [0.05, 0.1) is 17.8 Å². The molecule has 1 saturated carbocycles. The van der Waals surface area contributed by atoms with Crippen molar-refractivity contribution in [3.63, 3.8) is 0 Å². The largest absolute Gasteiger partial charge is 0.393 e. The summed E-state index contributed by atoms with van der Waals surface area (Å²) in [7, 11) is 0. The van der Waals surface area contributed by atoms with Crippen LogP contribution in [0, 0.1) is 11.8 Å². The Hall–Kier alpha value is -1.01. The van der Waals surface area contributed by atoms with E-state index in [1.54, 1.807) is 12.2 Å². The molecule has 1 fully saturated rings. The minimum Gasteiger partial charge on any atom is -0.393 e. The molecule has 1 aliphatic rings. The summed E-state index contributed by atoms with van der Waals surface area (Å²) >= 11 is 0. The summed E-state index contributed by atoms with van der Waals surface area (Å²) in [4.78, 5) is 11.0. The summed E-state index contributed by atoms with van der Waals surface area (Å²) in [6.45, 7) is 5.43. The van der Waals surface area contributed by atoms with Gasteiger partial charge in [0, 0.05) is 0 Å². The van der Waals surface area contributed by atoms with Crippen LogP contribution in [0.3, 0.4) is 0 Å². The third-order valence-corrected chi connectivity index (χ3v) is 6.13. The average molecular weight is 397 g/mol. The van der Waals surface area contributed by atoms with E-state index in [2.05, 4.69) is 13.5 Å². The molecule has 0 aliphatic heterocycles. The van der Waals surface area contributed by atoms with E-state index in [4.69, 9.17) is 5.11 Å². The molecule has 0 amide bonds. The van der Waals surface area contributed by atoms with E-state index in [0.717, 1.165) is 57.8 Å². The van der Waals surface area contributed by atoms with Crippen molar-refractivity contribution >= 4 is 5.78 Å². The first-order valence-electron chi connectivity index (χ1n) is 10.9. The Morgan fingerprint density at radius 3 is 2.25 bits per heavy atom. The SMILES string of the molecule is C=CC(O)(CCCC)CCC[C@@H]1[C@@H](CCCCC=CC(=O)CO)[C@H](O)C[C@H]1O. The molecule has 0 aromatic rings. The van der Waals surface area contributed by atoms with Crippen LogP contribution in [-0.4, -0.2) is 50.6 Å². The van der Waals surface area contributed by atoms with Gasteiger partial charge in [0.1, 0.15) is 6.61 Å². The summed E-state index contributed by atoms with van der Waals surface area (Å²) < 4.78 is 0. The molecule has 1 aliphatic carbocycles. The zero-order valence-corrected chi connectivity index (χ0v) is 17.4. The lowest BCUT2D eigenvalue weighted by Crippen LogP contribution is -2.27. The number of rotatable bonds is 15. The molecule has 0 aromatic heterocycles. The summed E-state index contributed by atoms with van der Waals surface area (Å²) in [5, 5.41) is 40.0. The molecular weight excluding hydrogens is 356 g/mol. The Bertz CT molecular complexity index is 489. The van der Waals surface area contributed by atoms with Crippen molar-refractivity contribution in [2.24, 2.45) is 11.8 Å². The van der Waals surface area contributed by atoms with Crippen LogP contribution < -0.4 is 0 Å². The van der Waals surface area contributed by atoms with Crippen LogP contribution in [0.1, 0.15) is 77.6 Å². The van der Waals surface area contributed by atoms with E-state index in [-0.39, 0.29) is 17.6 Å². The lowest BCUT2D eigenvalue weighted by Gasteiger charge is -2.27. The van der Waals surface area contributed by atoms with E-state index < -0.39 is 24.4 Å². The van der Waals surface area contributed by atoms with Crippen LogP contribution in [0.5, 0.6) is 0 Å². The Morgan fingerprint density at radius 1 is 1.07 bits per heavy atom. The molecule has 0 saturated heterocycles. The van der Waals surface area contributed by atoms with E-state index in [9.17, 15) is 20.1 Å². The first-order valence-corrected chi connectivity index (χ1v) is 10.9. The molecule has 5 nitrogen and oxygen atoms in total. The number of hydrogen-bond donors (Lipinski definition) is 4. The number of hydrogen-bond acceptors (Lipinski definition) is 5. The normalized spacial score (nSPS) is 27.2. The number of ketones is 1. The van der Waals surface area contributed by atoms with Gasteiger partial charge >= 0.3 is 0 Å². The molecular formula is C23H40O5. The summed E-state index contributed by atoms with van der Waals surface area (Å²) in [6.07, 6.45) is 12.8. The maximum Gasteiger partial charge on any atom is 0.180 e. The highest BCUT2D eigenvalue weighted by atomic mass is 16.3. The molecule has 4 N–H and O–H groups in total. The standard InChI is InChI=1S/C23H40O5/c1-3-5-14-23(28,4-2)15-10-13-20-19(21(26)16-22(20)27)12-9-7-6-8-11-18(25)17-24/h4,8,11,19-22,24,26-28H,2-3,5-7,9-10,12-17H2,1H3/t19-,20-,21-,22-,23?/m1/s1. The predicted octanol–water partition coefficient (Wildman–Crippen LogP) is 3.30. The zero-order chi connectivity index (χ0) is 21.0. The van der Waals surface area contributed by atoms with E-state index in [1.165, 1.54) is 6.08 Å². The third kappa shape index (κ3) is 8.56. The van der Waals surface area contributed by atoms with Crippen molar-refractivity contribution in [3.05, 3.63) is 24.8 Å². The lowest BCUT2D eigenvalue weighted by atomic mass is 9.83. The van der Waals surface area contributed by atoms with Gasteiger partial charge in [-0.05, 0) is 69.3 Å². The van der Waals surface area contributed by atoms with Crippen molar-refractivity contribution in [2.45, 2.75) is 95.4 Å². The zero-order valence-electron chi connectivity index (χ0n) is 17.4. The minimum atomic E-state index is -0.827. The molecule has 0 aromatic carbocycles. The molecule has 1 unspecified atom stereocenters. The predicted molar refractivity (Wildman–Crippen MR) is 112 cm³/mol. The van der Waals surface area contributed by atoms with Crippen molar-refractivity contribution in [1.29, 1.82) is 0 Å². The summed E-state index contributed by atoms with van der Waals surface area (Å²) in [5.74, 6) is -0.125. The van der Waals surface area contributed by atoms with Gasteiger partial charge in [-0.25, -0.2) is 0 Å². The third-order valence-electron chi connectivity index (χ3n) is 6.13. The van der Waals surface area contributed by atoms with Crippen molar-refractivity contribution in [3.8, 4) is 0 Å². The lowest BCUT2D eigenvalue weighted by molar-refractivity contribution is -0.117. The molecule has 162 valence electrons. The molecule has 1 rings (SSSR count). The summed E-state index contributed by atoms with van der Waals surface area (Å²) in [6, 6.07) is 0. The van der Waals surface area contributed by atoms with Gasteiger partial charge in [-0.15, -0.1) is 6.58 Å². The fraction of sp³-hybridized carbons (Fsp3) is 0.783.